The molecule has 0 saturated heterocycles. The summed E-state index contributed by atoms with van der Waals surface area (Å²) in [5, 5.41) is 8.38. The lowest BCUT2D eigenvalue weighted by Gasteiger charge is -2.03. The Hall–Kier alpha value is -1.87. The van der Waals surface area contributed by atoms with Crippen LogP contribution in [-0.2, 0) is 20.9 Å². The van der Waals surface area contributed by atoms with Gasteiger partial charge in [-0.25, -0.2) is 4.21 Å². The van der Waals surface area contributed by atoms with Gasteiger partial charge in [0.15, 0.2) is 0 Å². The zero-order valence-electron chi connectivity index (χ0n) is 8.71. The van der Waals surface area contributed by atoms with Crippen LogP contribution in [0.1, 0.15) is 5.56 Å². The van der Waals surface area contributed by atoms with E-state index in [9.17, 15) is 9.00 Å². The Bertz CT molecular complexity index is 548. The first kappa shape index (κ1) is 12.2. The van der Waals surface area contributed by atoms with E-state index >= 15 is 0 Å². The Morgan fingerprint density at radius 2 is 2.06 bits per heavy atom. The Morgan fingerprint density at radius 3 is 2.50 bits per heavy atom. The highest BCUT2D eigenvalue weighted by Crippen LogP contribution is 2.12. The van der Waals surface area contributed by atoms with Crippen molar-refractivity contribution >= 4 is 15.6 Å². The SMILES string of the molecule is CS(=O)(=NC#N)c1ccc(CC(N)=O)cc1. The zero-order chi connectivity index (χ0) is 12.2. The van der Waals surface area contributed by atoms with Gasteiger partial charge >= 0.3 is 0 Å². The minimum atomic E-state index is -2.66. The van der Waals surface area contributed by atoms with E-state index in [0.29, 0.717) is 4.90 Å². The molecule has 0 heterocycles. The molecular weight excluding hydrogens is 226 g/mol. The number of carbonyl (C=O) groups is 1. The molecule has 0 aromatic heterocycles. The summed E-state index contributed by atoms with van der Waals surface area (Å²) in [7, 11) is -2.66. The summed E-state index contributed by atoms with van der Waals surface area (Å²) >= 11 is 0. The van der Waals surface area contributed by atoms with Crippen LogP contribution in [0, 0.1) is 11.5 Å². The molecule has 0 aliphatic carbocycles. The van der Waals surface area contributed by atoms with E-state index < -0.39 is 15.6 Å². The molecule has 16 heavy (non-hydrogen) atoms. The third kappa shape index (κ3) is 3.07. The molecule has 0 aliphatic rings. The Morgan fingerprint density at radius 1 is 1.50 bits per heavy atom. The van der Waals surface area contributed by atoms with Crippen LogP contribution in [0.2, 0.25) is 0 Å². The van der Waals surface area contributed by atoms with E-state index in [0.717, 1.165) is 5.56 Å². The Balaban J connectivity index is 3.06. The van der Waals surface area contributed by atoms with Crippen LogP contribution in [0.15, 0.2) is 33.5 Å². The number of carbonyl (C=O) groups excluding carboxylic acids is 1. The summed E-state index contributed by atoms with van der Waals surface area (Å²) in [6.07, 6.45) is 3.06. The lowest BCUT2D eigenvalue weighted by atomic mass is 10.1. The number of rotatable bonds is 3. The number of hydrogen-bond acceptors (Lipinski definition) is 4. The van der Waals surface area contributed by atoms with Gasteiger partial charge in [-0.05, 0) is 17.7 Å². The first-order chi connectivity index (χ1) is 7.45. The van der Waals surface area contributed by atoms with Crippen LogP contribution in [0.25, 0.3) is 0 Å². The van der Waals surface area contributed by atoms with E-state index in [4.69, 9.17) is 11.0 Å². The van der Waals surface area contributed by atoms with Gasteiger partial charge in [0, 0.05) is 11.2 Å². The fourth-order valence-corrected chi connectivity index (χ4v) is 2.09. The molecule has 6 heteroatoms. The van der Waals surface area contributed by atoms with E-state index in [1.165, 1.54) is 12.4 Å². The molecule has 1 unspecified atom stereocenters. The van der Waals surface area contributed by atoms with E-state index in [1.807, 2.05) is 0 Å². The van der Waals surface area contributed by atoms with Gasteiger partial charge in [-0.15, -0.1) is 4.36 Å². The maximum Gasteiger partial charge on any atom is 0.221 e. The Labute approximate surface area is 94.1 Å². The van der Waals surface area contributed by atoms with Crippen molar-refractivity contribution in [1.82, 2.24) is 0 Å². The van der Waals surface area contributed by atoms with Crippen molar-refractivity contribution < 1.29 is 9.00 Å². The highest BCUT2D eigenvalue weighted by Gasteiger charge is 2.06. The molecule has 0 fully saturated rings. The van der Waals surface area contributed by atoms with Gasteiger partial charge in [0.05, 0.1) is 16.1 Å². The monoisotopic (exact) mass is 237 g/mol. The molecule has 0 saturated carbocycles. The van der Waals surface area contributed by atoms with Gasteiger partial charge in [-0.2, -0.15) is 5.26 Å². The van der Waals surface area contributed by atoms with Crippen LogP contribution in [0.3, 0.4) is 0 Å². The van der Waals surface area contributed by atoms with E-state index in [1.54, 1.807) is 24.3 Å². The van der Waals surface area contributed by atoms with Gasteiger partial charge in [0.2, 0.25) is 12.1 Å². The third-order valence-electron chi connectivity index (χ3n) is 1.95. The fraction of sp³-hybridized carbons (Fsp3) is 0.200. The van der Waals surface area contributed by atoms with Crippen molar-refractivity contribution in [3.05, 3.63) is 29.8 Å². The molecule has 1 aromatic rings. The van der Waals surface area contributed by atoms with Gasteiger partial charge in [-0.3, -0.25) is 4.79 Å². The average Bonchev–Trinajstić information content (AvgIpc) is 2.17. The van der Waals surface area contributed by atoms with Crippen molar-refractivity contribution in [3.63, 3.8) is 0 Å². The lowest BCUT2D eigenvalue weighted by Crippen LogP contribution is -2.13. The van der Waals surface area contributed by atoms with Crippen LogP contribution in [0.4, 0.5) is 0 Å². The van der Waals surface area contributed by atoms with Crippen molar-refractivity contribution in [1.29, 1.82) is 5.26 Å². The summed E-state index contributed by atoms with van der Waals surface area (Å²) in [6, 6.07) is 6.47. The first-order valence-electron chi connectivity index (χ1n) is 4.43. The van der Waals surface area contributed by atoms with Crippen molar-refractivity contribution in [2.45, 2.75) is 11.3 Å². The molecule has 1 amide bonds. The van der Waals surface area contributed by atoms with Crippen LogP contribution in [0.5, 0.6) is 0 Å². The lowest BCUT2D eigenvalue weighted by molar-refractivity contribution is -0.117. The van der Waals surface area contributed by atoms with Crippen LogP contribution < -0.4 is 5.73 Å². The maximum atomic E-state index is 11.8. The second-order valence-corrected chi connectivity index (χ2v) is 5.54. The molecular formula is C10H11N3O2S. The number of nitrogens with two attached hydrogens (primary N) is 1. The zero-order valence-corrected chi connectivity index (χ0v) is 9.53. The second kappa shape index (κ2) is 4.77. The topological polar surface area (TPSA) is 96.3 Å². The van der Waals surface area contributed by atoms with Gasteiger partial charge < -0.3 is 5.73 Å². The summed E-state index contributed by atoms with van der Waals surface area (Å²) in [6.45, 7) is 0. The molecule has 5 nitrogen and oxygen atoms in total. The molecule has 0 radical (unpaired) electrons. The molecule has 1 atom stereocenters. The quantitative estimate of drug-likeness (QED) is 0.782. The fourth-order valence-electron chi connectivity index (χ4n) is 1.19. The molecule has 0 spiro atoms. The Kier molecular flexibility index (Phi) is 3.64. The largest absolute Gasteiger partial charge is 0.369 e. The molecule has 1 rings (SSSR count). The highest BCUT2D eigenvalue weighted by atomic mass is 32.2. The maximum absolute atomic E-state index is 11.8. The summed E-state index contributed by atoms with van der Waals surface area (Å²) in [5.41, 5.74) is 5.78. The molecule has 2 N–H and O–H groups in total. The number of primary amides is 1. The third-order valence-corrected chi connectivity index (χ3v) is 3.53. The van der Waals surface area contributed by atoms with Crippen LogP contribution in [-0.4, -0.2) is 16.4 Å². The average molecular weight is 237 g/mol. The summed E-state index contributed by atoms with van der Waals surface area (Å²) < 4.78 is 15.2. The minimum absolute atomic E-state index is 0.139. The first-order valence-corrected chi connectivity index (χ1v) is 6.35. The number of benzene rings is 1. The standard InChI is InChI=1S/C10H11N3O2S/c1-16(15,13-7-11)9-4-2-8(3-5-9)6-10(12)14/h2-5H,6H2,1H3,(H2,12,14). The normalized spacial score (nSPS) is 13.5. The van der Waals surface area contributed by atoms with Gasteiger partial charge in [0.25, 0.3) is 0 Å². The minimum Gasteiger partial charge on any atom is -0.369 e. The van der Waals surface area contributed by atoms with E-state index in [2.05, 4.69) is 4.36 Å². The predicted molar refractivity (Wildman–Crippen MR) is 59.7 cm³/mol. The van der Waals surface area contributed by atoms with Gasteiger partial charge in [0.1, 0.15) is 0 Å². The number of amides is 1. The summed E-state index contributed by atoms with van der Waals surface area (Å²) in [5.74, 6) is -0.424. The van der Waals surface area contributed by atoms with Crippen molar-refractivity contribution in [2.24, 2.45) is 10.1 Å². The smallest absolute Gasteiger partial charge is 0.221 e. The summed E-state index contributed by atoms with van der Waals surface area (Å²) in [4.78, 5) is 11.1. The van der Waals surface area contributed by atoms with Gasteiger partial charge in [-0.1, -0.05) is 12.1 Å². The molecule has 0 aliphatic heterocycles. The highest BCUT2D eigenvalue weighted by molar-refractivity contribution is 7.93. The second-order valence-electron chi connectivity index (χ2n) is 3.28. The predicted octanol–water partition coefficient (Wildman–Crippen LogP) is 0.652. The van der Waals surface area contributed by atoms with Crippen LogP contribution >= 0.6 is 0 Å². The number of nitriles is 1. The molecule has 1 aromatic carbocycles. The number of nitrogens with zero attached hydrogens (tertiary/aromatic N) is 2. The van der Waals surface area contributed by atoms with Crippen molar-refractivity contribution in [3.8, 4) is 6.19 Å². The number of hydrogen-bond donors (Lipinski definition) is 1. The van der Waals surface area contributed by atoms with Crippen molar-refractivity contribution in [2.75, 3.05) is 6.26 Å². The molecule has 84 valence electrons. The van der Waals surface area contributed by atoms with E-state index in [-0.39, 0.29) is 6.42 Å². The molecule has 0 bridgehead atoms.